The van der Waals surface area contributed by atoms with Gasteiger partial charge in [0.2, 0.25) is 0 Å². The number of esters is 4. The van der Waals surface area contributed by atoms with Gasteiger partial charge in [-0.3, -0.25) is 37.3 Å². The largest absolute Gasteiger partial charge is 0.472 e. The maximum Gasteiger partial charge on any atom is 0.472 e. The number of aliphatic hydroxyl groups is 1. The smallest absolute Gasteiger partial charge is 0.462 e. The minimum absolute atomic E-state index is 0.105. The Morgan fingerprint density at radius 2 is 0.565 bits per heavy atom. The highest BCUT2D eigenvalue weighted by Crippen LogP contribution is 2.45. The highest BCUT2D eigenvalue weighted by molar-refractivity contribution is 7.47. The molecule has 0 fully saturated rings. The Morgan fingerprint density at radius 1 is 0.329 bits per heavy atom. The fraction of sp³-hybridized carbons (Fsp3) is 0.939. The summed E-state index contributed by atoms with van der Waals surface area (Å²) < 4.78 is 67.7. The monoisotopic (exact) mass is 1250 g/mol. The predicted molar refractivity (Wildman–Crippen MR) is 340 cm³/mol. The summed E-state index contributed by atoms with van der Waals surface area (Å²) in [5.41, 5.74) is 0. The molecule has 0 heterocycles. The van der Waals surface area contributed by atoms with Gasteiger partial charge in [-0.15, -0.1) is 0 Å². The van der Waals surface area contributed by atoms with E-state index in [2.05, 4.69) is 34.6 Å². The van der Waals surface area contributed by atoms with Crippen LogP contribution in [0.25, 0.3) is 0 Å². The third-order valence-electron chi connectivity index (χ3n) is 15.6. The van der Waals surface area contributed by atoms with Gasteiger partial charge in [0.1, 0.15) is 19.3 Å². The first-order valence-electron chi connectivity index (χ1n) is 34.7. The summed E-state index contributed by atoms with van der Waals surface area (Å²) in [6, 6.07) is 0. The van der Waals surface area contributed by atoms with E-state index in [0.29, 0.717) is 25.7 Å². The molecule has 85 heavy (non-hydrogen) atoms. The molecule has 3 unspecified atom stereocenters. The van der Waals surface area contributed by atoms with Crippen LogP contribution in [0.15, 0.2) is 0 Å². The van der Waals surface area contributed by atoms with Gasteiger partial charge in [-0.05, 0) is 31.6 Å². The molecule has 0 spiro atoms. The molecule has 17 nitrogen and oxygen atoms in total. The Labute approximate surface area is 517 Å². The molecule has 3 N–H and O–H groups in total. The standard InChI is InChI=1S/C66H128O17P2/c1-6-10-13-16-18-30-35-40-45-50-64(69)77-56-62(83-66(71)52-47-42-37-33-29-27-25-23-21-20-22-24-26-28-32-34-39-43-48-59(5)9-4)58-81-85(74,75)79-54-60(67)53-78-84(72,73)80-57-61(55-76-63(68)49-44-38-15-12-8-3)82-65(70)51-46-41-36-31-19-17-14-11-7-2/h59-62,67H,6-58H2,1-5H3,(H,72,73)(H,74,75)/t59?,60-,61+,62+/m0/s1. The molecule has 0 aliphatic rings. The average molecular weight is 1260 g/mol. The predicted octanol–water partition coefficient (Wildman–Crippen LogP) is 18.6. The van der Waals surface area contributed by atoms with Gasteiger partial charge in [0, 0.05) is 25.7 Å². The van der Waals surface area contributed by atoms with Gasteiger partial charge in [0.15, 0.2) is 12.2 Å². The van der Waals surface area contributed by atoms with Crippen LogP contribution >= 0.6 is 15.6 Å². The van der Waals surface area contributed by atoms with E-state index in [0.717, 1.165) is 102 Å². The zero-order valence-electron chi connectivity index (χ0n) is 54.7. The number of phosphoric ester groups is 2. The van der Waals surface area contributed by atoms with Gasteiger partial charge in [-0.25, -0.2) is 9.13 Å². The van der Waals surface area contributed by atoms with Crippen molar-refractivity contribution in [3.8, 4) is 0 Å². The molecule has 0 aromatic carbocycles. The van der Waals surface area contributed by atoms with Crippen LogP contribution in [0.3, 0.4) is 0 Å². The Morgan fingerprint density at radius 3 is 0.835 bits per heavy atom. The first kappa shape index (κ1) is 83.1. The van der Waals surface area contributed by atoms with Crippen LogP contribution in [0, 0.1) is 5.92 Å². The minimum Gasteiger partial charge on any atom is -0.462 e. The van der Waals surface area contributed by atoms with E-state index < -0.39 is 97.5 Å². The summed E-state index contributed by atoms with van der Waals surface area (Å²) in [4.78, 5) is 71.9. The number of phosphoric acid groups is 2. The number of carbonyl (C=O) groups is 4. The molecule has 0 bridgehead atoms. The molecular formula is C66H128O17P2. The van der Waals surface area contributed by atoms with Crippen LogP contribution in [-0.4, -0.2) is 96.7 Å². The topological polar surface area (TPSA) is 237 Å². The normalized spacial score (nSPS) is 14.5. The van der Waals surface area contributed by atoms with Gasteiger partial charge < -0.3 is 33.8 Å². The van der Waals surface area contributed by atoms with Gasteiger partial charge in [-0.1, -0.05) is 285 Å². The van der Waals surface area contributed by atoms with Crippen molar-refractivity contribution in [2.75, 3.05) is 39.6 Å². The number of hydrogen-bond acceptors (Lipinski definition) is 15. The lowest BCUT2D eigenvalue weighted by Crippen LogP contribution is -2.30. The van der Waals surface area contributed by atoms with Crippen molar-refractivity contribution in [3.63, 3.8) is 0 Å². The van der Waals surface area contributed by atoms with E-state index in [1.54, 1.807) is 0 Å². The van der Waals surface area contributed by atoms with Crippen molar-refractivity contribution in [3.05, 3.63) is 0 Å². The van der Waals surface area contributed by atoms with Crippen LogP contribution in [0.4, 0.5) is 0 Å². The number of carbonyl (C=O) groups excluding carboxylic acids is 4. The molecule has 504 valence electrons. The molecule has 0 saturated heterocycles. The number of rotatable bonds is 66. The maximum absolute atomic E-state index is 13.0. The lowest BCUT2D eigenvalue weighted by molar-refractivity contribution is -0.161. The van der Waals surface area contributed by atoms with E-state index in [1.165, 1.54) is 154 Å². The zero-order valence-corrected chi connectivity index (χ0v) is 56.5. The summed E-state index contributed by atoms with van der Waals surface area (Å²) in [5, 5.41) is 10.5. The Kier molecular flexibility index (Phi) is 58.3. The SMILES string of the molecule is CCCCCCCCCCCC(=O)OC[C@H](COP(=O)(O)OC[C@@H](O)COP(=O)(O)OC[C@@H](COC(=O)CCCCCCC)OC(=O)CCCCCCCCCCC)OC(=O)CCCCCCCCCCCCCCCCCCCCC(C)CC. The van der Waals surface area contributed by atoms with Crippen molar-refractivity contribution in [2.45, 2.75) is 355 Å². The first-order chi connectivity index (χ1) is 41.1. The third-order valence-corrected chi connectivity index (χ3v) is 17.5. The van der Waals surface area contributed by atoms with E-state index in [1.807, 2.05) is 0 Å². The molecule has 0 aliphatic heterocycles. The lowest BCUT2D eigenvalue weighted by atomic mass is 9.99. The average Bonchev–Trinajstić information content (AvgIpc) is 3.58. The highest BCUT2D eigenvalue weighted by Gasteiger charge is 2.30. The second-order valence-electron chi connectivity index (χ2n) is 24.1. The molecule has 0 amide bonds. The van der Waals surface area contributed by atoms with E-state index >= 15 is 0 Å². The van der Waals surface area contributed by atoms with Crippen molar-refractivity contribution in [1.82, 2.24) is 0 Å². The third kappa shape index (κ3) is 59.5. The van der Waals surface area contributed by atoms with E-state index in [-0.39, 0.29) is 25.7 Å². The quantitative estimate of drug-likeness (QED) is 0.0222. The van der Waals surface area contributed by atoms with Gasteiger partial charge in [-0.2, -0.15) is 0 Å². The lowest BCUT2D eigenvalue weighted by Gasteiger charge is -2.21. The van der Waals surface area contributed by atoms with Gasteiger partial charge in [0.25, 0.3) is 0 Å². The van der Waals surface area contributed by atoms with Crippen molar-refractivity contribution in [2.24, 2.45) is 5.92 Å². The Hall–Kier alpha value is -1.94. The number of ether oxygens (including phenoxy) is 4. The molecule has 0 saturated carbocycles. The first-order valence-corrected chi connectivity index (χ1v) is 37.7. The molecule has 6 atom stereocenters. The molecule has 0 rings (SSSR count). The van der Waals surface area contributed by atoms with Crippen molar-refractivity contribution >= 4 is 39.5 Å². The summed E-state index contributed by atoms with van der Waals surface area (Å²) in [5.74, 6) is -1.27. The van der Waals surface area contributed by atoms with Gasteiger partial charge in [0.05, 0.1) is 26.4 Å². The van der Waals surface area contributed by atoms with Crippen LogP contribution in [0.1, 0.15) is 336 Å². The second kappa shape index (κ2) is 59.7. The number of hydrogen-bond donors (Lipinski definition) is 3. The molecular weight excluding hydrogens is 1130 g/mol. The zero-order chi connectivity index (χ0) is 62.8. The second-order valence-corrected chi connectivity index (χ2v) is 27.0. The van der Waals surface area contributed by atoms with Crippen molar-refractivity contribution in [1.29, 1.82) is 0 Å². The van der Waals surface area contributed by atoms with Gasteiger partial charge >= 0.3 is 39.5 Å². The molecule has 0 radical (unpaired) electrons. The maximum atomic E-state index is 13.0. The van der Waals surface area contributed by atoms with Crippen LogP contribution in [0.2, 0.25) is 0 Å². The Bertz CT molecular complexity index is 1650. The highest BCUT2D eigenvalue weighted by atomic mass is 31.2. The number of unbranched alkanes of at least 4 members (excludes halogenated alkanes) is 37. The van der Waals surface area contributed by atoms with E-state index in [4.69, 9.17) is 37.0 Å². The van der Waals surface area contributed by atoms with Crippen LogP contribution in [0.5, 0.6) is 0 Å². The van der Waals surface area contributed by atoms with Crippen LogP contribution in [-0.2, 0) is 65.4 Å². The summed E-state index contributed by atoms with van der Waals surface area (Å²) >= 11 is 0. The molecule has 0 aromatic rings. The van der Waals surface area contributed by atoms with E-state index in [9.17, 15) is 43.2 Å². The summed E-state index contributed by atoms with van der Waals surface area (Å²) in [6.45, 7) is 7.15. The Balaban J connectivity index is 5.03. The fourth-order valence-electron chi connectivity index (χ4n) is 9.90. The van der Waals surface area contributed by atoms with Crippen LogP contribution < -0.4 is 0 Å². The molecule has 0 aromatic heterocycles. The minimum atomic E-state index is -4.94. The molecule has 0 aliphatic carbocycles. The summed E-state index contributed by atoms with van der Waals surface area (Å²) in [7, 11) is -9.87. The molecule has 19 heteroatoms. The number of aliphatic hydroxyl groups excluding tert-OH is 1. The summed E-state index contributed by atoms with van der Waals surface area (Å²) in [6.07, 6.45) is 45.0. The van der Waals surface area contributed by atoms with Crippen molar-refractivity contribution < 1.29 is 80.2 Å². The fourth-order valence-corrected chi connectivity index (χ4v) is 11.5.